The standard InChI is InChI=1S/C14H14N2O/c1-14(2)9-17-13(16-14)12-8-15-7-10-5-3-4-6-11(10)12/h3-8H,9H2,1-2H3. The normalized spacial score (nSPS) is 17.9. The SMILES string of the molecule is CC1(C)COC(c2cncc3ccccc23)=N1. The van der Waals surface area contributed by atoms with Gasteiger partial charge in [0.15, 0.2) is 0 Å². The molecule has 0 atom stereocenters. The van der Waals surface area contributed by atoms with Crippen LogP contribution in [0.3, 0.4) is 0 Å². The van der Waals surface area contributed by atoms with Crippen LogP contribution >= 0.6 is 0 Å². The van der Waals surface area contributed by atoms with Gasteiger partial charge in [-0.3, -0.25) is 4.98 Å². The predicted octanol–water partition coefficient (Wildman–Crippen LogP) is 2.79. The number of hydrogen-bond acceptors (Lipinski definition) is 3. The Morgan fingerprint density at radius 1 is 1.18 bits per heavy atom. The number of nitrogens with zero attached hydrogens (tertiary/aromatic N) is 2. The molecule has 0 radical (unpaired) electrons. The number of benzene rings is 1. The fraction of sp³-hybridized carbons (Fsp3) is 0.286. The van der Waals surface area contributed by atoms with Gasteiger partial charge in [0, 0.05) is 17.8 Å². The molecule has 0 aliphatic carbocycles. The highest BCUT2D eigenvalue weighted by atomic mass is 16.5. The first-order chi connectivity index (χ1) is 8.16. The van der Waals surface area contributed by atoms with Crippen LogP contribution in [-0.2, 0) is 4.74 Å². The third-order valence-corrected chi connectivity index (χ3v) is 2.86. The molecule has 0 spiro atoms. The Bertz CT molecular complexity index is 597. The number of fused-ring (bicyclic) bond motifs is 1. The van der Waals surface area contributed by atoms with Crippen molar-refractivity contribution in [1.82, 2.24) is 4.98 Å². The van der Waals surface area contributed by atoms with Gasteiger partial charge in [0.2, 0.25) is 5.90 Å². The number of ether oxygens (including phenoxy) is 1. The molecule has 0 unspecified atom stereocenters. The van der Waals surface area contributed by atoms with E-state index in [1.165, 1.54) is 0 Å². The van der Waals surface area contributed by atoms with Crippen LogP contribution in [0.4, 0.5) is 0 Å². The van der Waals surface area contributed by atoms with Crippen molar-refractivity contribution in [2.24, 2.45) is 4.99 Å². The summed E-state index contributed by atoms with van der Waals surface area (Å²) in [5, 5.41) is 2.25. The third kappa shape index (κ3) is 1.78. The van der Waals surface area contributed by atoms with E-state index in [0.29, 0.717) is 12.5 Å². The summed E-state index contributed by atoms with van der Waals surface area (Å²) in [5.74, 6) is 0.708. The highest BCUT2D eigenvalue weighted by molar-refractivity contribution is 6.07. The molecule has 0 saturated heterocycles. The van der Waals surface area contributed by atoms with Gasteiger partial charge in [-0.05, 0) is 19.2 Å². The van der Waals surface area contributed by atoms with Crippen molar-refractivity contribution in [2.45, 2.75) is 19.4 Å². The van der Waals surface area contributed by atoms with Gasteiger partial charge in [-0.15, -0.1) is 0 Å². The summed E-state index contributed by atoms with van der Waals surface area (Å²) in [4.78, 5) is 8.84. The van der Waals surface area contributed by atoms with Crippen LogP contribution in [0.1, 0.15) is 19.4 Å². The lowest BCUT2D eigenvalue weighted by atomic mass is 10.1. The maximum Gasteiger partial charge on any atom is 0.219 e. The monoisotopic (exact) mass is 226 g/mol. The molecule has 1 aromatic heterocycles. The van der Waals surface area contributed by atoms with Gasteiger partial charge < -0.3 is 4.74 Å². The van der Waals surface area contributed by atoms with Crippen molar-refractivity contribution in [3.8, 4) is 0 Å². The minimum Gasteiger partial charge on any atom is -0.475 e. The molecular formula is C14H14N2O. The second-order valence-electron chi connectivity index (χ2n) is 4.93. The van der Waals surface area contributed by atoms with Crippen LogP contribution in [0.15, 0.2) is 41.7 Å². The van der Waals surface area contributed by atoms with Crippen molar-refractivity contribution >= 4 is 16.7 Å². The second kappa shape index (κ2) is 3.55. The first kappa shape index (κ1) is 10.3. The Balaban J connectivity index is 2.19. The molecule has 3 nitrogen and oxygen atoms in total. The van der Waals surface area contributed by atoms with E-state index >= 15 is 0 Å². The maximum atomic E-state index is 5.67. The van der Waals surface area contributed by atoms with E-state index in [0.717, 1.165) is 16.3 Å². The van der Waals surface area contributed by atoms with Crippen LogP contribution < -0.4 is 0 Å². The highest BCUT2D eigenvalue weighted by Crippen LogP contribution is 2.24. The van der Waals surface area contributed by atoms with Gasteiger partial charge in [0.25, 0.3) is 0 Å². The lowest BCUT2D eigenvalue weighted by Crippen LogP contribution is -2.17. The summed E-state index contributed by atoms with van der Waals surface area (Å²) in [6.07, 6.45) is 3.68. The first-order valence-corrected chi connectivity index (χ1v) is 5.71. The summed E-state index contributed by atoms with van der Waals surface area (Å²) in [6, 6.07) is 8.15. The van der Waals surface area contributed by atoms with Crippen LogP contribution in [0.2, 0.25) is 0 Å². The summed E-state index contributed by atoms with van der Waals surface area (Å²) in [7, 11) is 0. The fourth-order valence-corrected chi connectivity index (χ4v) is 2.01. The third-order valence-electron chi connectivity index (χ3n) is 2.86. The van der Waals surface area contributed by atoms with Crippen LogP contribution in [0, 0.1) is 0 Å². The lowest BCUT2D eigenvalue weighted by molar-refractivity contribution is 0.279. The molecule has 3 heteroatoms. The van der Waals surface area contributed by atoms with Crippen LogP contribution in [-0.4, -0.2) is 23.0 Å². The van der Waals surface area contributed by atoms with E-state index in [-0.39, 0.29) is 5.54 Å². The lowest BCUT2D eigenvalue weighted by Gasteiger charge is -2.07. The van der Waals surface area contributed by atoms with Gasteiger partial charge in [0.1, 0.15) is 6.61 Å². The van der Waals surface area contributed by atoms with Crippen molar-refractivity contribution in [3.63, 3.8) is 0 Å². The van der Waals surface area contributed by atoms with Gasteiger partial charge in [0.05, 0.1) is 11.1 Å². The predicted molar refractivity (Wildman–Crippen MR) is 68.3 cm³/mol. The maximum absolute atomic E-state index is 5.67. The zero-order valence-electron chi connectivity index (χ0n) is 9.97. The summed E-state index contributed by atoms with van der Waals surface area (Å²) in [6.45, 7) is 4.77. The van der Waals surface area contributed by atoms with Crippen molar-refractivity contribution in [3.05, 3.63) is 42.2 Å². The zero-order chi connectivity index (χ0) is 11.9. The summed E-state index contributed by atoms with van der Waals surface area (Å²) >= 11 is 0. The molecule has 17 heavy (non-hydrogen) atoms. The number of hydrogen-bond donors (Lipinski definition) is 0. The number of aliphatic imine (C=N–C) groups is 1. The topological polar surface area (TPSA) is 34.5 Å². The molecule has 1 aromatic carbocycles. The molecule has 2 aromatic rings. The zero-order valence-corrected chi connectivity index (χ0v) is 9.97. The van der Waals surface area contributed by atoms with Crippen LogP contribution in [0.25, 0.3) is 10.8 Å². The van der Waals surface area contributed by atoms with Crippen molar-refractivity contribution in [1.29, 1.82) is 0 Å². The quantitative estimate of drug-likeness (QED) is 0.749. The smallest absolute Gasteiger partial charge is 0.219 e. The molecule has 0 amide bonds. The van der Waals surface area contributed by atoms with E-state index < -0.39 is 0 Å². The Morgan fingerprint density at radius 3 is 2.76 bits per heavy atom. The molecule has 2 heterocycles. The Hall–Kier alpha value is -1.90. The number of rotatable bonds is 1. The minimum atomic E-state index is -0.133. The molecule has 0 N–H and O–H groups in total. The average molecular weight is 226 g/mol. The van der Waals surface area contributed by atoms with Gasteiger partial charge in [-0.2, -0.15) is 0 Å². The fourth-order valence-electron chi connectivity index (χ4n) is 2.01. The molecule has 86 valence electrons. The van der Waals surface area contributed by atoms with Gasteiger partial charge >= 0.3 is 0 Å². The minimum absolute atomic E-state index is 0.133. The molecule has 3 rings (SSSR count). The second-order valence-corrected chi connectivity index (χ2v) is 4.93. The number of aromatic nitrogens is 1. The Kier molecular flexibility index (Phi) is 2.15. The highest BCUT2D eigenvalue weighted by Gasteiger charge is 2.27. The molecule has 1 aliphatic rings. The van der Waals surface area contributed by atoms with Gasteiger partial charge in [-0.1, -0.05) is 24.3 Å². The van der Waals surface area contributed by atoms with E-state index in [4.69, 9.17) is 4.74 Å². The summed E-state index contributed by atoms with van der Waals surface area (Å²) in [5.41, 5.74) is 0.848. The van der Waals surface area contributed by atoms with E-state index in [2.05, 4.69) is 29.9 Å². The Morgan fingerprint density at radius 2 is 2.00 bits per heavy atom. The average Bonchev–Trinajstić information content (AvgIpc) is 2.69. The number of pyridine rings is 1. The summed E-state index contributed by atoms with van der Waals surface area (Å²) < 4.78 is 5.67. The molecule has 0 saturated carbocycles. The van der Waals surface area contributed by atoms with E-state index in [1.54, 1.807) is 0 Å². The van der Waals surface area contributed by atoms with E-state index in [9.17, 15) is 0 Å². The largest absolute Gasteiger partial charge is 0.475 e. The van der Waals surface area contributed by atoms with Crippen molar-refractivity contribution < 1.29 is 4.74 Å². The molecular weight excluding hydrogens is 212 g/mol. The van der Waals surface area contributed by atoms with Crippen molar-refractivity contribution in [2.75, 3.05) is 6.61 Å². The van der Waals surface area contributed by atoms with Crippen LogP contribution in [0.5, 0.6) is 0 Å². The first-order valence-electron chi connectivity index (χ1n) is 5.71. The molecule has 1 aliphatic heterocycles. The molecule has 0 bridgehead atoms. The van der Waals surface area contributed by atoms with E-state index in [1.807, 2.05) is 30.6 Å². The Labute approximate surface area is 100 Å². The molecule has 0 fully saturated rings. The van der Waals surface area contributed by atoms with Gasteiger partial charge in [-0.25, -0.2) is 4.99 Å².